The van der Waals surface area contributed by atoms with E-state index < -0.39 is 12.0 Å². The van der Waals surface area contributed by atoms with Crippen LogP contribution < -0.4 is 14.9 Å². The average Bonchev–Trinajstić information content (AvgIpc) is 3.14. The van der Waals surface area contributed by atoms with Gasteiger partial charge in [0.15, 0.2) is 4.80 Å². The summed E-state index contributed by atoms with van der Waals surface area (Å²) in [7, 11) is 0. The van der Waals surface area contributed by atoms with Crippen molar-refractivity contribution in [2.45, 2.75) is 26.8 Å². The standard InChI is InChI=1S/C28H24N2O4S/c1-4-34-27(33)24-17(3)29-28-30(25(24)21-11-7-9-18-8-5-6-10-20(18)21)26(32)23(35-28)15-19-14-16(2)12-13-22(19)31/h5-15,25,31H,4H2,1-3H3/b23-15+/t25-/m1/s1. The molecule has 1 aliphatic heterocycles. The van der Waals surface area contributed by atoms with Gasteiger partial charge in [-0.2, -0.15) is 0 Å². The van der Waals surface area contributed by atoms with Gasteiger partial charge in [-0.1, -0.05) is 65.4 Å². The van der Waals surface area contributed by atoms with Gasteiger partial charge in [0.2, 0.25) is 0 Å². The molecule has 4 aromatic rings. The van der Waals surface area contributed by atoms with Gasteiger partial charge < -0.3 is 9.84 Å². The van der Waals surface area contributed by atoms with E-state index in [0.29, 0.717) is 26.2 Å². The number of esters is 1. The minimum atomic E-state index is -0.690. The molecule has 7 heteroatoms. The van der Waals surface area contributed by atoms with Gasteiger partial charge in [0.05, 0.1) is 28.5 Å². The van der Waals surface area contributed by atoms with Gasteiger partial charge in [-0.25, -0.2) is 9.79 Å². The Kier molecular flexibility index (Phi) is 5.86. The molecule has 5 rings (SSSR count). The van der Waals surface area contributed by atoms with Crippen LogP contribution in [0.4, 0.5) is 0 Å². The normalized spacial score (nSPS) is 15.7. The topological polar surface area (TPSA) is 80.9 Å². The fourth-order valence-electron chi connectivity index (χ4n) is 4.51. The van der Waals surface area contributed by atoms with Crippen molar-refractivity contribution in [2.75, 3.05) is 6.61 Å². The molecule has 0 aliphatic carbocycles. The van der Waals surface area contributed by atoms with Crippen LogP contribution in [0.15, 0.2) is 81.7 Å². The van der Waals surface area contributed by atoms with Gasteiger partial charge in [0, 0.05) is 5.56 Å². The van der Waals surface area contributed by atoms with Gasteiger partial charge in [0.25, 0.3) is 5.56 Å². The Morgan fingerprint density at radius 1 is 1.14 bits per heavy atom. The van der Waals surface area contributed by atoms with Crippen molar-refractivity contribution >= 4 is 34.2 Å². The van der Waals surface area contributed by atoms with Crippen molar-refractivity contribution in [3.63, 3.8) is 0 Å². The molecule has 0 spiro atoms. The third-order valence-electron chi connectivity index (χ3n) is 6.10. The monoisotopic (exact) mass is 484 g/mol. The molecule has 0 radical (unpaired) electrons. The van der Waals surface area contributed by atoms with Crippen LogP contribution in [0.2, 0.25) is 0 Å². The zero-order valence-corrected chi connectivity index (χ0v) is 20.4. The van der Waals surface area contributed by atoms with Gasteiger partial charge in [-0.05, 0) is 55.3 Å². The number of fused-ring (bicyclic) bond motifs is 2. The van der Waals surface area contributed by atoms with Crippen molar-refractivity contribution in [2.24, 2.45) is 4.99 Å². The fraction of sp³-hybridized carbons (Fsp3) is 0.179. The number of allylic oxidation sites excluding steroid dienone is 1. The van der Waals surface area contributed by atoms with E-state index in [1.54, 1.807) is 30.6 Å². The van der Waals surface area contributed by atoms with Gasteiger partial charge in [-0.15, -0.1) is 0 Å². The van der Waals surface area contributed by atoms with Crippen LogP contribution in [0.5, 0.6) is 5.75 Å². The van der Waals surface area contributed by atoms with Gasteiger partial charge in [-0.3, -0.25) is 9.36 Å². The number of carbonyl (C=O) groups excluding carboxylic acids is 1. The molecule has 1 aromatic heterocycles. The molecule has 0 fully saturated rings. The molecule has 1 aliphatic rings. The smallest absolute Gasteiger partial charge is 0.338 e. The molecule has 35 heavy (non-hydrogen) atoms. The molecule has 3 aromatic carbocycles. The first-order valence-corrected chi connectivity index (χ1v) is 12.2. The highest BCUT2D eigenvalue weighted by Gasteiger charge is 2.34. The molecule has 1 N–H and O–H groups in total. The summed E-state index contributed by atoms with van der Waals surface area (Å²) in [5.41, 5.74) is 2.94. The number of aryl methyl sites for hydroxylation is 1. The predicted molar refractivity (Wildman–Crippen MR) is 137 cm³/mol. The summed E-state index contributed by atoms with van der Waals surface area (Å²) in [4.78, 5) is 32.1. The number of nitrogens with zero attached hydrogens (tertiary/aromatic N) is 2. The number of hydrogen-bond donors (Lipinski definition) is 1. The number of aromatic nitrogens is 1. The Bertz CT molecular complexity index is 1690. The number of thiazole rings is 1. The van der Waals surface area contributed by atoms with E-state index in [1.165, 1.54) is 11.3 Å². The zero-order chi connectivity index (χ0) is 24.7. The molecule has 0 bridgehead atoms. The van der Waals surface area contributed by atoms with Crippen molar-refractivity contribution < 1.29 is 14.6 Å². The van der Waals surface area contributed by atoms with E-state index in [9.17, 15) is 14.7 Å². The molecule has 2 heterocycles. The molecule has 1 atom stereocenters. The molecule has 0 unspecified atom stereocenters. The molecular weight excluding hydrogens is 460 g/mol. The second kappa shape index (κ2) is 9.00. The molecule has 0 saturated heterocycles. The summed E-state index contributed by atoms with van der Waals surface area (Å²) in [6.07, 6.45) is 1.68. The predicted octanol–water partition coefficient (Wildman–Crippen LogP) is 3.97. The highest BCUT2D eigenvalue weighted by atomic mass is 32.1. The van der Waals surface area contributed by atoms with Gasteiger partial charge >= 0.3 is 5.97 Å². The third-order valence-corrected chi connectivity index (χ3v) is 7.09. The number of ether oxygens (including phenoxy) is 1. The van der Waals surface area contributed by atoms with E-state index >= 15 is 0 Å². The quantitative estimate of drug-likeness (QED) is 0.445. The first-order chi connectivity index (χ1) is 16.9. The number of hydrogen-bond acceptors (Lipinski definition) is 6. The van der Waals surface area contributed by atoms with E-state index in [0.717, 1.165) is 21.9 Å². The lowest BCUT2D eigenvalue weighted by Gasteiger charge is -2.25. The SMILES string of the molecule is CCOC(=O)C1=C(C)N=c2s/c(=C/c3cc(C)ccc3O)c(=O)n2[C@@H]1c1cccc2ccccc12. The summed E-state index contributed by atoms with van der Waals surface area (Å²) < 4.78 is 7.39. The summed E-state index contributed by atoms with van der Waals surface area (Å²) in [5, 5.41) is 12.3. The van der Waals surface area contributed by atoms with Crippen LogP contribution in [-0.2, 0) is 9.53 Å². The van der Waals surface area contributed by atoms with Gasteiger partial charge in [0.1, 0.15) is 5.75 Å². The number of carbonyl (C=O) groups is 1. The van der Waals surface area contributed by atoms with Crippen LogP contribution in [0.25, 0.3) is 16.8 Å². The number of phenolic OH excluding ortho intramolecular Hbond substituents is 1. The second-order valence-electron chi connectivity index (χ2n) is 8.43. The van der Waals surface area contributed by atoms with E-state index in [1.807, 2.05) is 61.5 Å². The van der Waals surface area contributed by atoms with Crippen LogP contribution in [0.3, 0.4) is 0 Å². The maximum atomic E-state index is 13.8. The van der Waals surface area contributed by atoms with Crippen LogP contribution in [-0.4, -0.2) is 22.2 Å². The summed E-state index contributed by atoms with van der Waals surface area (Å²) in [5.74, 6) is -0.396. The average molecular weight is 485 g/mol. The minimum absolute atomic E-state index is 0.0930. The first kappa shape index (κ1) is 22.8. The van der Waals surface area contributed by atoms with Crippen molar-refractivity contribution in [1.29, 1.82) is 0 Å². The Balaban J connectivity index is 1.82. The molecule has 176 valence electrons. The van der Waals surface area contributed by atoms with Crippen molar-refractivity contribution in [3.8, 4) is 5.75 Å². The Hall–Kier alpha value is -3.97. The maximum Gasteiger partial charge on any atom is 0.338 e. The van der Waals surface area contributed by atoms with E-state index in [4.69, 9.17) is 4.74 Å². The van der Waals surface area contributed by atoms with Crippen molar-refractivity contribution in [3.05, 3.63) is 108 Å². The van der Waals surface area contributed by atoms with E-state index in [-0.39, 0.29) is 17.9 Å². The number of phenols is 1. The lowest BCUT2D eigenvalue weighted by Crippen LogP contribution is -2.40. The molecule has 0 amide bonds. The minimum Gasteiger partial charge on any atom is -0.507 e. The first-order valence-electron chi connectivity index (χ1n) is 11.4. The Morgan fingerprint density at radius 3 is 2.71 bits per heavy atom. The van der Waals surface area contributed by atoms with Crippen LogP contribution >= 0.6 is 11.3 Å². The number of aromatic hydroxyl groups is 1. The van der Waals surface area contributed by atoms with Crippen LogP contribution in [0.1, 0.15) is 36.6 Å². The zero-order valence-electron chi connectivity index (χ0n) is 19.6. The molecule has 6 nitrogen and oxygen atoms in total. The highest BCUT2D eigenvalue weighted by Crippen LogP contribution is 2.34. The highest BCUT2D eigenvalue weighted by molar-refractivity contribution is 7.07. The number of rotatable bonds is 4. The molecular formula is C28H24N2O4S. The fourth-order valence-corrected chi connectivity index (χ4v) is 5.54. The lowest BCUT2D eigenvalue weighted by atomic mass is 9.91. The summed E-state index contributed by atoms with van der Waals surface area (Å²) in [6, 6.07) is 18.3. The number of benzene rings is 3. The Morgan fingerprint density at radius 2 is 1.91 bits per heavy atom. The lowest BCUT2D eigenvalue weighted by molar-refractivity contribution is -0.139. The van der Waals surface area contributed by atoms with Crippen LogP contribution in [0, 0.1) is 6.92 Å². The second-order valence-corrected chi connectivity index (χ2v) is 9.44. The maximum absolute atomic E-state index is 13.8. The largest absolute Gasteiger partial charge is 0.507 e. The Labute approximate surface area is 205 Å². The summed E-state index contributed by atoms with van der Waals surface area (Å²) >= 11 is 1.24. The van der Waals surface area contributed by atoms with E-state index in [2.05, 4.69) is 4.99 Å². The third kappa shape index (κ3) is 3.98. The van der Waals surface area contributed by atoms with Crippen molar-refractivity contribution in [1.82, 2.24) is 4.57 Å². The molecule has 0 saturated carbocycles. The summed E-state index contributed by atoms with van der Waals surface area (Å²) in [6.45, 7) is 5.67.